The van der Waals surface area contributed by atoms with E-state index in [9.17, 15) is 4.79 Å². The summed E-state index contributed by atoms with van der Waals surface area (Å²) >= 11 is 17.9. The molecule has 0 aliphatic carbocycles. The van der Waals surface area contributed by atoms with E-state index in [1.165, 1.54) is 6.08 Å². The lowest BCUT2D eigenvalue weighted by Crippen LogP contribution is -2.09. The summed E-state index contributed by atoms with van der Waals surface area (Å²) in [7, 11) is 0. The lowest BCUT2D eigenvalue weighted by Gasteiger charge is -2.10. The smallest absolute Gasteiger partial charge is 0.248 e. The van der Waals surface area contributed by atoms with Crippen LogP contribution < -0.4 is 5.32 Å². The average Bonchev–Trinajstić information content (AvgIpc) is 2.44. The molecule has 2 nitrogen and oxygen atoms in total. The Morgan fingerprint density at radius 3 is 2.36 bits per heavy atom. The van der Waals surface area contributed by atoms with E-state index in [-0.39, 0.29) is 5.91 Å². The van der Waals surface area contributed by atoms with E-state index in [0.29, 0.717) is 20.8 Å². The highest BCUT2D eigenvalue weighted by Gasteiger charge is 2.07. The Kier molecular flexibility index (Phi) is 5.52. The molecular weight excluding hydrogens is 341 g/mol. The van der Waals surface area contributed by atoms with Crippen LogP contribution in [0.15, 0.2) is 36.4 Å². The van der Waals surface area contributed by atoms with Gasteiger partial charge in [-0.25, -0.2) is 0 Å². The first-order valence-corrected chi connectivity index (χ1v) is 7.71. The van der Waals surface area contributed by atoms with Gasteiger partial charge in [-0.3, -0.25) is 4.79 Å². The lowest BCUT2D eigenvalue weighted by atomic mass is 10.1. The highest BCUT2D eigenvalue weighted by Crippen LogP contribution is 2.27. The minimum atomic E-state index is -0.264. The van der Waals surface area contributed by atoms with E-state index in [1.807, 2.05) is 26.0 Å². The first-order valence-electron chi connectivity index (χ1n) is 6.57. The molecule has 2 rings (SSSR count). The predicted octanol–water partition coefficient (Wildman–Crippen LogP) is 5.92. The Morgan fingerprint density at radius 2 is 1.73 bits per heavy atom. The highest BCUT2D eigenvalue weighted by molar-refractivity contribution is 6.42. The summed E-state index contributed by atoms with van der Waals surface area (Å²) in [5.74, 6) is -0.264. The second-order valence-corrected chi connectivity index (χ2v) is 6.16. The molecule has 0 saturated carbocycles. The maximum absolute atomic E-state index is 12.0. The molecule has 0 heterocycles. The van der Waals surface area contributed by atoms with Crippen LogP contribution in [0.4, 0.5) is 5.69 Å². The zero-order chi connectivity index (χ0) is 16.3. The van der Waals surface area contributed by atoms with Crippen LogP contribution in [0.25, 0.3) is 6.08 Å². The summed E-state index contributed by atoms with van der Waals surface area (Å²) in [6.45, 7) is 3.85. The van der Waals surface area contributed by atoms with Crippen LogP contribution in [0.1, 0.15) is 16.7 Å². The van der Waals surface area contributed by atoms with Crippen LogP contribution in [0.2, 0.25) is 15.1 Å². The fraction of sp³-hybridized carbons (Fsp3) is 0.118. The number of nitrogens with one attached hydrogen (secondary N) is 1. The third-order valence-electron chi connectivity index (χ3n) is 3.05. The number of rotatable bonds is 3. The molecule has 2 aromatic rings. The van der Waals surface area contributed by atoms with E-state index in [1.54, 1.807) is 24.3 Å². The molecular formula is C17H14Cl3NO. The fourth-order valence-corrected chi connectivity index (χ4v) is 2.70. The summed E-state index contributed by atoms with van der Waals surface area (Å²) in [4.78, 5) is 12.0. The van der Waals surface area contributed by atoms with E-state index >= 15 is 0 Å². The van der Waals surface area contributed by atoms with Crippen molar-refractivity contribution in [3.8, 4) is 0 Å². The van der Waals surface area contributed by atoms with E-state index in [2.05, 4.69) is 5.32 Å². The van der Waals surface area contributed by atoms with Crippen molar-refractivity contribution in [2.75, 3.05) is 5.32 Å². The zero-order valence-corrected chi connectivity index (χ0v) is 14.4. The molecule has 22 heavy (non-hydrogen) atoms. The molecule has 0 aliphatic heterocycles. The van der Waals surface area contributed by atoms with Crippen molar-refractivity contribution in [1.29, 1.82) is 0 Å². The van der Waals surface area contributed by atoms with Crippen molar-refractivity contribution >= 4 is 52.5 Å². The maximum Gasteiger partial charge on any atom is 0.248 e. The van der Waals surface area contributed by atoms with Crippen molar-refractivity contribution in [3.05, 3.63) is 68.2 Å². The Bertz CT molecular complexity index is 731. The number of benzene rings is 2. The molecule has 1 N–H and O–H groups in total. The van der Waals surface area contributed by atoms with Gasteiger partial charge in [0.05, 0.1) is 20.8 Å². The first-order chi connectivity index (χ1) is 10.4. The second kappa shape index (κ2) is 7.19. The zero-order valence-electron chi connectivity index (χ0n) is 12.1. The lowest BCUT2D eigenvalue weighted by molar-refractivity contribution is -0.111. The molecule has 114 valence electrons. The van der Waals surface area contributed by atoms with Crippen LogP contribution in [0.5, 0.6) is 0 Å². The molecule has 0 radical (unpaired) electrons. The van der Waals surface area contributed by atoms with Crippen LogP contribution >= 0.6 is 34.8 Å². The monoisotopic (exact) mass is 353 g/mol. The Hall–Kier alpha value is -1.48. The molecule has 0 atom stereocenters. The van der Waals surface area contributed by atoms with Gasteiger partial charge in [0, 0.05) is 6.08 Å². The maximum atomic E-state index is 12.0. The van der Waals surface area contributed by atoms with Gasteiger partial charge in [0.15, 0.2) is 0 Å². The van der Waals surface area contributed by atoms with Gasteiger partial charge in [0.25, 0.3) is 0 Å². The summed E-state index contributed by atoms with van der Waals surface area (Å²) < 4.78 is 0. The van der Waals surface area contributed by atoms with Crippen molar-refractivity contribution in [3.63, 3.8) is 0 Å². The fourth-order valence-electron chi connectivity index (χ4n) is 2.03. The van der Waals surface area contributed by atoms with Gasteiger partial charge >= 0.3 is 0 Å². The van der Waals surface area contributed by atoms with Gasteiger partial charge in [0.1, 0.15) is 0 Å². The van der Waals surface area contributed by atoms with E-state index in [0.717, 1.165) is 16.7 Å². The molecule has 0 aliphatic rings. The van der Waals surface area contributed by atoms with Crippen molar-refractivity contribution in [2.45, 2.75) is 13.8 Å². The van der Waals surface area contributed by atoms with Gasteiger partial charge in [-0.1, -0.05) is 46.9 Å². The third kappa shape index (κ3) is 4.26. The molecule has 0 unspecified atom stereocenters. The van der Waals surface area contributed by atoms with Crippen molar-refractivity contribution < 1.29 is 4.79 Å². The number of hydrogen-bond donors (Lipinski definition) is 1. The molecule has 2 aromatic carbocycles. The second-order valence-electron chi connectivity index (χ2n) is 4.93. The number of hydrogen-bond acceptors (Lipinski definition) is 1. The standard InChI is InChI=1S/C17H14Cl3NO/c1-10-7-11(2)17(15(20)8-10)21-16(22)6-4-12-3-5-13(18)14(19)9-12/h3-9H,1-2H3,(H,21,22). The van der Waals surface area contributed by atoms with Gasteiger partial charge in [0.2, 0.25) is 5.91 Å². The number of halogens is 3. The Balaban J connectivity index is 2.13. The topological polar surface area (TPSA) is 29.1 Å². The summed E-state index contributed by atoms with van der Waals surface area (Å²) in [5, 5.41) is 4.23. The molecule has 0 spiro atoms. The average molecular weight is 355 g/mol. The van der Waals surface area contributed by atoms with Crippen LogP contribution in [-0.4, -0.2) is 5.91 Å². The quantitative estimate of drug-likeness (QED) is 0.681. The number of carbonyl (C=O) groups excluding carboxylic acids is 1. The summed E-state index contributed by atoms with van der Waals surface area (Å²) in [6, 6.07) is 8.93. The number of amides is 1. The molecule has 1 amide bonds. The molecule has 0 fully saturated rings. The van der Waals surface area contributed by atoms with Crippen molar-refractivity contribution in [1.82, 2.24) is 0 Å². The van der Waals surface area contributed by atoms with Gasteiger partial charge in [-0.05, 0) is 54.8 Å². The summed E-state index contributed by atoms with van der Waals surface area (Å²) in [5.41, 5.74) is 3.38. The molecule has 0 bridgehead atoms. The van der Waals surface area contributed by atoms with Crippen LogP contribution in [0.3, 0.4) is 0 Å². The molecule has 0 aromatic heterocycles. The van der Waals surface area contributed by atoms with Gasteiger partial charge in [-0.15, -0.1) is 0 Å². The summed E-state index contributed by atoms with van der Waals surface area (Å²) in [6.07, 6.45) is 3.09. The SMILES string of the molecule is Cc1cc(C)c(NC(=O)C=Cc2ccc(Cl)c(Cl)c2)c(Cl)c1. The third-order valence-corrected chi connectivity index (χ3v) is 4.09. The minimum absolute atomic E-state index is 0.264. The molecule has 0 saturated heterocycles. The van der Waals surface area contributed by atoms with Crippen molar-refractivity contribution in [2.24, 2.45) is 0 Å². The number of anilines is 1. The van der Waals surface area contributed by atoms with Gasteiger partial charge < -0.3 is 5.32 Å². The predicted molar refractivity (Wildman–Crippen MR) is 95.1 cm³/mol. The minimum Gasteiger partial charge on any atom is -0.321 e. The number of carbonyl (C=O) groups is 1. The number of aryl methyl sites for hydroxylation is 2. The van der Waals surface area contributed by atoms with Crippen LogP contribution in [0, 0.1) is 13.8 Å². The highest BCUT2D eigenvalue weighted by atomic mass is 35.5. The van der Waals surface area contributed by atoms with Crippen LogP contribution in [-0.2, 0) is 4.79 Å². The van der Waals surface area contributed by atoms with E-state index < -0.39 is 0 Å². The van der Waals surface area contributed by atoms with Gasteiger partial charge in [-0.2, -0.15) is 0 Å². The Morgan fingerprint density at radius 1 is 1.00 bits per heavy atom. The Labute approximate surface area is 144 Å². The first kappa shape index (κ1) is 16.9. The largest absolute Gasteiger partial charge is 0.321 e. The normalized spacial score (nSPS) is 11.0. The molecule has 5 heteroatoms. The van der Waals surface area contributed by atoms with E-state index in [4.69, 9.17) is 34.8 Å².